The van der Waals surface area contributed by atoms with Crippen molar-refractivity contribution >= 4 is 35.2 Å². The first-order valence-electron chi connectivity index (χ1n) is 17.6. The fraction of sp³-hybridized carbons (Fsp3) is 0.513. The largest absolute Gasteiger partial charge is 0.444 e. The number of aryl methyl sites for hydroxylation is 2. The number of β-amino-alcohol motifs (C(OH)–C–C–N with tert-alkyl or cyclic N) is 1. The van der Waals surface area contributed by atoms with Gasteiger partial charge >= 0.3 is 6.09 Å². The van der Waals surface area contributed by atoms with Crippen LogP contribution in [0.5, 0.6) is 0 Å². The molecule has 1 aliphatic rings. The molecule has 1 fully saturated rings. The molecule has 4 rings (SSSR count). The Kier molecular flexibility index (Phi) is 13.4. The number of nitrogens with one attached hydrogen (secondary N) is 3. The molecule has 1 aromatic heterocycles. The maximum atomic E-state index is 13.9. The molecule has 51 heavy (non-hydrogen) atoms. The topological polar surface area (TPSA) is 150 Å². The molecule has 276 valence electrons. The lowest BCUT2D eigenvalue weighted by Gasteiger charge is -2.35. The van der Waals surface area contributed by atoms with Crippen molar-refractivity contribution < 1.29 is 29.0 Å². The summed E-state index contributed by atoms with van der Waals surface area (Å²) in [6.07, 6.45) is 1.30. The number of nitrogens with zero attached hydrogens (tertiary/aromatic N) is 2. The highest BCUT2D eigenvalue weighted by Gasteiger charge is 2.44. The van der Waals surface area contributed by atoms with E-state index < -0.39 is 35.3 Å². The van der Waals surface area contributed by atoms with E-state index in [1.54, 1.807) is 11.3 Å². The predicted octanol–water partition coefficient (Wildman–Crippen LogP) is 5.67. The van der Waals surface area contributed by atoms with E-state index in [9.17, 15) is 24.3 Å². The third-order valence-electron chi connectivity index (χ3n) is 8.69. The summed E-state index contributed by atoms with van der Waals surface area (Å²) in [5.74, 6) is -0.948. The molecule has 4 amide bonds. The third-order valence-corrected chi connectivity index (χ3v) is 9.67. The first-order chi connectivity index (χ1) is 24.0. The van der Waals surface area contributed by atoms with Crippen molar-refractivity contribution in [2.24, 2.45) is 5.41 Å². The normalized spacial score (nSPS) is 16.7. The van der Waals surface area contributed by atoms with Crippen molar-refractivity contribution in [3.05, 3.63) is 76.4 Å². The van der Waals surface area contributed by atoms with Gasteiger partial charge in [0.05, 0.1) is 22.2 Å². The molecule has 0 aliphatic carbocycles. The standard InChI is InChI=1S/C39H53N5O6S/c1-25-33(51-24-42-25)29-18-16-28(17-19-29)21-40-35(47)31-20-30(45)23-44(31)36(48)34(38(2,3)4)43-32(46)11-9-8-10-26-12-14-27(15-13-26)22-41-37(49)50-39(5,6)7/h12-19,24,30-31,34,45H,8-11,20-23H2,1-7H3,(H,40,47)(H,41,49)(H,43,46)/t30-,31+,34-/m1/s1. The van der Waals surface area contributed by atoms with Crippen LogP contribution in [0.4, 0.5) is 4.79 Å². The summed E-state index contributed by atoms with van der Waals surface area (Å²) < 4.78 is 5.27. The fourth-order valence-corrected chi connectivity index (χ4v) is 6.75. The summed E-state index contributed by atoms with van der Waals surface area (Å²) in [7, 11) is 0. The van der Waals surface area contributed by atoms with Gasteiger partial charge in [-0.15, -0.1) is 11.3 Å². The number of hydrogen-bond donors (Lipinski definition) is 4. The van der Waals surface area contributed by atoms with Gasteiger partial charge in [-0.2, -0.15) is 0 Å². The molecule has 11 nitrogen and oxygen atoms in total. The van der Waals surface area contributed by atoms with Crippen LogP contribution in [0, 0.1) is 12.3 Å². The van der Waals surface area contributed by atoms with Crippen LogP contribution in [0.1, 0.15) is 89.6 Å². The van der Waals surface area contributed by atoms with E-state index in [-0.39, 0.29) is 43.7 Å². The molecule has 0 spiro atoms. The molecule has 0 unspecified atom stereocenters. The van der Waals surface area contributed by atoms with Gasteiger partial charge in [0, 0.05) is 32.5 Å². The lowest BCUT2D eigenvalue weighted by atomic mass is 9.85. The van der Waals surface area contributed by atoms with E-state index in [4.69, 9.17) is 4.74 Å². The van der Waals surface area contributed by atoms with E-state index in [0.717, 1.165) is 45.7 Å². The van der Waals surface area contributed by atoms with Crippen LogP contribution >= 0.6 is 11.3 Å². The number of hydrogen-bond acceptors (Lipinski definition) is 8. The van der Waals surface area contributed by atoms with Crippen LogP contribution in [0.3, 0.4) is 0 Å². The molecule has 0 saturated carbocycles. The summed E-state index contributed by atoms with van der Waals surface area (Å²) in [6, 6.07) is 14.2. The smallest absolute Gasteiger partial charge is 0.407 e. The minimum atomic E-state index is -0.866. The van der Waals surface area contributed by atoms with E-state index in [2.05, 4.69) is 20.9 Å². The fourth-order valence-electron chi connectivity index (χ4n) is 5.94. The molecule has 1 saturated heterocycles. The molecule has 4 N–H and O–H groups in total. The Morgan fingerprint density at radius 3 is 2.12 bits per heavy atom. The third kappa shape index (κ3) is 11.9. The maximum Gasteiger partial charge on any atom is 0.407 e. The second-order valence-corrected chi connectivity index (χ2v) is 16.2. The number of carbonyl (C=O) groups excluding carboxylic acids is 4. The average molecular weight is 720 g/mol. The summed E-state index contributed by atoms with van der Waals surface area (Å²) in [5.41, 5.74) is 5.67. The number of aromatic nitrogens is 1. The Bertz CT molecular complexity index is 1640. The first-order valence-corrected chi connectivity index (χ1v) is 18.5. The predicted molar refractivity (Wildman–Crippen MR) is 199 cm³/mol. The number of amides is 4. The zero-order valence-electron chi connectivity index (χ0n) is 30.9. The Balaban J connectivity index is 1.25. The van der Waals surface area contributed by atoms with E-state index in [1.165, 1.54) is 4.90 Å². The van der Waals surface area contributed by atoms with Crippen LogP contribution in [-0.4, -0.2) is 69.1 Å². The number of likely N-dealkylation sites (tertiary alicyclic amines) is 1. The Labute approximate surface area is 305 Å². The van der Waals surface area contributed by atoms with Gasteiger partial charge in [0.15, 0.2) is 0 Å². The minimum absolute atomic E-state index is 0.0259. The minimum Gasteiger partial charge on any atom is -0.444 e. The molecule has 0 radical (unpaired) electrons. The Hall–Kier alpha value is -4.29. The van der Waals surface area contributed by atoms with Gasteiger partial charge in [0.1, 0.15) is 17.7 Å². The average Bonchev–Trinajstić information content (AvgIpc) is 3.68. The SMILES string of the molecule is Cc1ncsc1-c1ccc(CNC(=O)[C@@H]2C[C@@H](O)CN2C(=O)[C@@H](NC(=O)CCCCc2ccc(CNC(=O)OC(C)(C)C)cc2)C(C)(C)C)cc1. The summed E-state index contributed by atoms with van der Waals surface area (Å²) in [6.45, 7) is 13.7. The lowest BCUT2D eigenvalue weighted by molar-refractivity contribution is -0.144. The number of unbranched alkanes of at least 4 members (excludes halogenated alkanes) is 1. The van der Waals surface area contributed by atoms with Crippen LogP contribution in [0.2, 0.25) is 0 Å². The molecule has 2 heterocycles. The van der Waals surface area contributed by atoms with E-state index in [0.29, 0.717) is 13.0 Å². The molecular formula is C39H53N5O6S. The number of benzene rings is 2. The zero-order chi connectivity index (χ0) is 37.3. The molecule has 3 atom stereocenters. The molecule has 12 heteroatoms. The second kappa shape index (κ2) is 17.3. The highest BCUT2D eigenvalue weighted by Crippen LogP contribution is 2.28. The van der Waals surface area contributed by atoms with Crippen molar-refractivity contribution in [3.8, 4) is 10.4 Å². The maximum absolute atomic E-state index is 13.9. The zero-order valence-corrected chi connectivity index (χ0v) is 31.7. The van der Waals surface area contributed by atoms with Crippen molar-refractivity contribution in [1.29, 1.82) is 0 Å². The summed E-state index contributed by atoms with van der Waals surface area (Å²) in [4.78, 5) is 59.1. The number of thiazole rings is 1. The Morgan fingerprint density at radius 1 is 0.922 bits per heavy atom. The van der Waals surface area contributed by atoms with Crippen LogP contribution in [0.15, 0.2) is 54.0 Å². The Morgan fingerprint density at radius 2 is 1.53 bits per heavy atom. The van der Waals surface area contributed by atoms with Crippen LogP contribution in [-0.2, 0) is 38.6 Å². The van der Waals surface area contributed by atoms with Gasteiger partial charge in [-0.1, -0.05) is 69.3 Å². The van der Waals surface area contributed by atoms with Gasteiger partial charge in [-0.3, -0.25) is 14.4 Å². The van der Waals surface area contributed by atoms with Gasteiger partial charge in [-0.25, -0.2) is 9.78 Å². The van der Waals surface area contributed by atoms with Crippen LogP contribution in [0.25, 0.3) is 10.4 Å². The van der Waals surface area contributed by atoms with Gasteiger partial charge in [0.2, 0.25) is 17.7 Å². The quantitative estimate of drug-likeness (QED) is 0.167. The van der Waals surface area contributed by atoms with Crippen LogP contribution < -0.4 is 16.0 Å². The number of carbonyl (C=O) groups is 4. The van der Waals surface area contributed by atoms with Crippen molar-refractivity contribution in [3.63, 3.8) is 0 Å². The molecule has 3 aromatic rings. The van der Waals surface area contributed by atoms with Crippen molar-refractivity contribution in [2.45, 2.75) is 117 Å². The van der Waals surface area contributed by atoms with E-state index in [1.807, 2.05) is 103 Å². The molecule has 0 bridgehead atoms. The molecule has 1 aliphatic heterocycles. The number of aliphatic hydroxyl groups is 1. The number of alkyl carbamates (subject to hydrolysis) is 1. The summed E-state index contributed by atoms with van der Waals surface area (Å²) in [5, 5.41) is 19.1. The van der Waals surface area contributed by atoms with Crippen molar-refractivity contribution in [2.75, 3.05) is 6.54 Å². The van der Waals surface area contributed by atoms with Gasteiger partial charge < -0.3 is 30.7 Å². The van der Waals surface area contributed by atoms with Crippen molar-refractivity contribution in [1.82, 2.24) is 25.8 Å². The monoisotopic (exact) mass is 719 g/mol. The number of rotatable bonds is 13. The first kappa shape index (κ1) is 39.5. The lowest BCUT2D eigenvalue weighted by Crippen LogP contribution is -2.57. The summed E-state index contributed by atoms with van der Waals surface area (Å²) >= 11 is 1.58. The highest BCUT2D eigenvalue weighted by molar-refractivity contribution is 7.13. The second-order valence-electron chi connectivity index (χ2n) is 15.3. The molecule has 2 aromatic carbocycles. The number of aliphatic hydroxyl groups excluding tert-OH is 1. The highest BCUT2D eigenvalue weighted by atomic mass is 32.1. The van der Waals surface area contributed by atoms with Gasteiger partial charge in [0.25, 0.3) is 0 Å². The van der Waals surface area contributed by atoms with Gasteiger partial charge in [-0.05, 0) is 74.6 Å². The van der Waals surface area contributed by atoms with E-state index >= 15 is 0 Å². The molecular weight excluding hydrogens is 667 g/mol. The number of ether oxygens (including phenoxy) is 1.